The second-order valence-corrected chi connectivity index (χ2v) is 7.58. The minimum atomic E-state index is -0.367. The number of aromatic nitrogens is 2. The fourth-order valence-electron chi connectivity index (χ4n) is 3.48. The van der Waals surface area contributed by atoms with E-state index in [0.717, 1.165) is 0 Å². The normalized spacial score (nSPS) is 11.1. The number of fused-ring (bicyclic) bond motifs is 1. The Morgan fingerprint density at radius 3 is 2.15 bits per heavy atom. The molecule has 1 heterocycles. The van der Waals surface area contributed by atoms with Crippen LogP contribution >= 0.6 is 11.6 Å². The first kappa shape index (κ1) is 23.1. The van der Waals surface area contributed by atoms with Crippen molar-refractivity contribution in [3.8, 4) is 34.4 Å². The van der Waals surface area contributed by atoms with E-state index in [1.165, 1.54) is 4.68 Å². The highest BCUT2D eigenvalue weighted by Crippen LogP contribution is 2.32. The molecule has 0 radical (unpaired) electrons. The van der Waals surface area contributed by atoms with Crippen molar-refractivity contribution < 1.29 is 18.9 Å². The van der Waals surface area contributed by atoms with E-state index >= 15 is 0 Å². The quantitative estimate of drug-likeness (QED) is 0.359. The summed E-state index contributed by atoms with van der Waals surface area (Å²) in [6.45, 7) is 0. The van der Waals surface area contributed by atoms with Crippen LogP contribution < -0.4 is 24.5 Å². The zero-order chi connectivity index (χ0) is 24.2. The van der Waals surface area contributed by atoms with Crippen LogP contribution in [0.4, 0.5) is 0 Å². The molecule has 34 heavy (non-hydrogen) atoms. The Kier molecular flexibility index (Phi) is 6.70. The maximum absolute atomic E-state index is 13.4. The van der Waals surface area contributed by atoms with Crippen molar-refractivity contribution in [2.75, 3.05) is 28.4 Å². The predicted molar refractivity (Wildman–Crippen MR) is 132 cm³/mol. The van der Waals surface area contributed by atoms with Crippen molar-refractivity contribution in [1.82, 2.24) is 9.66 Å². The van der Waals surface area contributed by atoms with Crippen molar-refractivity contribution >= 4 is 28.7 Å². The number of rotatable bonds is 7. The highest BCUT2D eigenvalue weighted by atomic mass is 35.5. The summed E-state index contributed by atoms with van der Waals surface area (Å²) in [5.74, 6) is 2.52. The van der Waals surface area contributed by atoms with E-state index in [1.807, 2.05) is 0 Å². The number of nitrogens with zero attached hydrogens (tertiary/aromatic N) is 3. The van der Waals surface area contributed by atoms with Crippen molar-refractivity contribution in [3.63, 3.8) is 0 Å². The Morgan fingerprint density at radius 2 is 1.47 bits per heavy atom. The van der Waals surface area contributed by atoms with Gasteiger partial charge in [-0.05, 0) is 60.2 Å². The van der Waals surface area contributed by atoms with Gasteiger partial charge in [0.15, 0.2) is 28.8 Å². The summed E-state index contributed by atoms with van der Waals surface area (Å²) in [5, 5.41) is 5.25. The van der Waals surface area contributed by atoms with Crippen LogP contribution in [0.3, 0.4) is 0 Å². The molecule has 9 heteroatoms. The van der Waals surface area contributed by atoms with Crippen molar-refractivity contribution in [2.24, 2.45) is 5.10 Å². The van der Waals surface area contributed by atoms with Gasteiger partial charge in [-0.3, -0.25) is 4.79 Å². The van der Waals surface area contributed by atoms with Gasteiger partial charge >= 0.3 is 0 Å². The van der Waals surface area contributed by atoms with E-state index in [9.17, 15) is 4.79 Å². The average Bonchev–Trinajstić information content (AvgIpc) is 2.87. The molecule has 0 bridgehead atoms. The van der Waals surface area contributed by atoms with Gasteiger partial charge in [0.1, 0.15) is 0 Å². The molecular formula is C25H22ClN3O5. The molecule has 3 aromatic carbocycles. The lowest BCUT2D eigenvalue weighted by atomic mass is 10.1. The highest BCUT2D eigenvalue weighted by Gasteiger charge is 2.15. The van der Waals surface area contributed by atoms with Crippen molar-refractivity contribution in [2.45, 2.75) is 0 Å². The first-order chi connectivity index (χ1) is 16.5. The van der Waals surface area contributed by atoms with Crippen molar-refractivity contribution in [1.29, 1.82) is 0 Å². The molecule has 0 fully saturated rings. The zero-order valence-electron chi connectivity index (χ0n) is 19.0. The molecule has 4 rings (SSSR count). The molecule has 0 spiro atoms. The Hall–Kier alpha value is -4.04. The first-order valence-electron chi connectivity index (χ1n) is 10.2. The first-order valence-corrected chi connectivity index (χ1v) is 10.6. The van der Waals surface area contributed by atoms with Gasteiger partial charge in [0.2, 0.25) is 0 Å². The lowest BCUT2D eigenvalue weighted by Crippen LogP contribution is -2.20. The molecule has 0 unspecified atom stereocenters. The van der Waals surface area contributed by atoms with E-state index in [1.54, 1.807) is 89.3 Å². The van der Waals surface area contributed by atoms with E-state index in [4.69, 9.17) is 35.5 Å². The van der Waals surface area contributed by atoms with E-state index < -0.39 is 0 Å². The maximum atomic E-state index is 13.4. The van der Waals surface area contributed by atoms with Gasteiger partial charge in [0, 0.05) is 10.6 Å². The topological polar surface area (TPSA) is 84.2 Å². The van der Waals surface area contributed by atoms with Crippen LogP contribution in [0.2, 0.25) is 5.02 Å². The fourth-order valence-corrected chi connectivity index (χ4v) is 3.65. The van der Waals surface area contributed by atoms with Gasteiger partial charge < -0.3 is 18.9 Å². The van der Waals surface area contributed by atoms with Gasteiger partial charge in [-0.25, -0.2) is 4.98 Å². The molecule has 0 aliphatic heterocycles. The Balaban J connectivity index is 1.92. The molecule has 0 aliphatic rings. The van der Waals surface area contributed by atoms with Crippen LogP contribution in [-0.2, 0) is 0 Å². The van der Waals surface area contributed by atoms with E-state index in [-0.39, 0.29) is 5.56 Å². The number of halogens is 1. The van der Waals surface area contributed by atoms with Gasteiger partial charge in [-0.1, -0.05) is 11.6 Å². The molecule has 1 aromatic heterocycles. The Morgan fingerprint density at radius 1 is 0.824 bits per heavy atom. The van der Waals surface area contributed by atoms with Crippen molar-refractivity contribution in [3.05, 3.63) is 75.5 Å². The van der Waals surface area contributed by atoms with E-state index in [2.05, 4.69) is 5.10 Å². The molecule has 0 atom stereocenters. The van der Waals surface area contributed by atoms with E-state index in [0.29, 0.717) is 55.9 Å². The predicted octanol–water partition coefficient (Wildman–Crippen LogP) is 4.63. The number of hydrogen-bond donors (Lipinski definition) is 0. The summed E-state index contributed by atoms with van der Waals surface area (Å²) in [7, 11) is 6.21. The molecule has 174 valence electrons. The summed E-state index contributed by atoms with van der Waals surface area (Å²) < 4.78 is 22.6. The SMILES string of the molecule is COc1ccc(C=Nn2c(-c3ccc(OC)c(OC)c3)nc3ccc(Cl)cc3c2=O)cc1OC. The minimum Gasteiger partial charge on any atom is -0.493 e. The lowest BCUT2D eigenvalue weighted by molar-refractivity contribution is 0.355. The van der Waals surface area contributed by atoms with Crippen LogP contribution in [0.1, 0.15) is 5.56 Å². The molecule has 0 N–H and O–H groups in total. The van der Waals surface area contributed by atoms with Crippen LogP contribution in [-0.4, -0.2) is 44.3 Å². The van der Waals surface area contributed by atoms with Crippen LogP contribution in [0.5, 0.6) is 23.0 Å². The summed E-state index contributed by atoms with van der Waals surface area (Å²) >= 11 is 6.14. The summed E-state index contributed by atoms with van der Waals surface area (Å²) in [6.07, 6.45) is 1.55. The van der Waals surface area contributed by atoms with Gasteiger partial charge in [-0.2, -0.15) is 9.78 Å². The molecule has 0 amide bonds. The number of hydrogen-bond acceptors (Lipinski definition) is 7. The van der Waals surface area contributed by atoms with Gasteiger partial charge in [0.05, 0.1) is 45.6 Å². The summed E-state index contributed by atoms with van der Waals surface area (Å²) in [5.41, 5.74) is 1.45. The van der Waals surface area contributed by atoms with Gasteiger partial charge in [-0.15, -0.1) is 0 Å². The second-order valence-electron chi connectivity index (χ2n) is 7.14. The molecule has 0 aliphatic carbocycles. The number of methoxy groups -OCH3 is 4. The standard InChI is InChI=1S/C25H22ClN3O5/c1-31-20-9-5-15(11-22(20)33-3)14-27-29-24(16-6-10-21(32-2)23(12-16)34-4)28-19-8-7-17(26)13-18(19)25(29)30/h5-14H,1-4H3. The molecular weight excluding hydrogens is 458 g/mol. The van der Waals surface area contributed by atoms with Crippen LogP contribution in [0, 0.1) is 0 Å². The highest BCUT2D eigenvalue weighted by molar-refractivity contribution is 6.31. The van der Waals surface area contributed by atoms with Gasteiger partial charge in [0.25, 0.3) is 5.56 Å². The fraction of sp³-hybridized carbons (Fsp3) is 0.160. The number of ether oxygens (including phenoxy) is 4. The van der Waals surface area contributed by atoms with Crippen LogP contribution in [0.25, 0.3) is 22.3 Å². The lowest BCUT2D eigenvalue weighted by Gasteiger charge is -2.13. The molecule has 0 saturated heterocycles. The summed E-state index contributed by atoms with van der Waals surface area (Å²) in [4.78, 5) is 18.1. The molecule has 8 nitrogen and oxygen atoms in total. The maximum Gasteiger partial charge on any atom is 0.282 e. The zero-order valence-corrected chi connectivity index (χ0v) is 19.8. The number of benzene rings is 3. The molecule has 0 saturated carbocycles. The smallest absolute Gasteiger partial charge is 0.282 e. The summed E-state index contributed by atoms with van der Waals surface area (Å²) in [6, 6.07) is 15.6. The Labute approximate surface area is 200 Å². The Bertz CT molecular complexity index is 1450. The molecule has 4 aromatic rings. The third-order valence-electron chi connectivity index (χ3n) is 5.18. The second kappa shape index (κ2) is 9.84. The third kappa shape index (κ3) is 4.40. The third-order valence-corrected chi connectivity index (χ3v) is 5.42. The van der Waals surface area contributed by atoms with Crippen LogP contribution in [0.15, 0.2) is 64.5 Å². The minimum absolute atomic E-state index is 0.331. The largest absolute Gasteiger partial charge is 0.493 e. The monoisotopic (exact) mass is 479 g/mol. The average molecular weight is 480 g/mol.